The molecule has 0 bridgehead atoms. The summed E-state index contributed by atoms with van der Waals surface area (Å²) in [6.07, 6.45) is 1.97. The van der Waals surface area contributed by atoms with E-state index >= 15 is 0 Å². The van der Waals surface area contributed by atoms with Crippen LogP contribution in [0.2, 0.25) is 0 Å². The second-order valence-electron chi connectivity index (χ2n) is 3.91. The minimum atomic E-state index is -0.462. The van der Waals surface area contributed by atoms with Crippen molar-refractivity contribution in [1.82, 2.24) is 5.32 Å². The summed E-state index contributed by atoms with van der Waals surface area (Å²) in [5.41, 5.74) is 0.596. The number of aliphatic hydroxyl groups is 1. The molecule has 0 spiro atoms. The molecule has 0 saturated carbocycles. The van der Waals surface area contributed by atoms with Crippen LogP contribution in [0, 0.1) is 17.7 Å². The summed E-state index contributed by atoms with van der Waals surface area (Å²) in [6, 6.07) is 3.81. The highest BCUT2D eigenvalue weighted by Crippen LogP contribution is 2.11. The van der Waals surface area contributed by atoms with Gasteiger partial charge in [-0.1, -0.05) is 18.8 Å². The number of benzene rings is 1. The SMILES string of the molecule is CSC(C)CNC(=O)c1ccc(F)cc1C#CCO. The molecule has 1 aromatic rings. The highest BCUT2D eigenvalue weighted by atomic mass is 32.2. The number of carbonyl (C=O) groups excluding carboxylic acids is 1. The van der Waals surface area contributed by atoms with Crippen molar-refractivity contribution in [3.8, 4) is 11.8 Å². The molecule has 102 valence electrons. The summed E-state index contributed by atoms with van der Waals surface area (Å²) < 4.78 is 13.1. The molecule has 0 heterocycles. The van der Waals surface area contributed by atoms with Crippen molar-refractivity contribution < 1.29 is 14.3 Å². The predicted molar refractivity (Wildman–Crippen MR) is 75.7 cm³/mol. The fourth-order valence-corrected chi connectivity index (χ4v) is 1.62. The Bertz CT molecular complexity index is 508. The van der Waals surface area contributed by atoms with Crippen molar-refractivity contribution in [1.29, 1.82) is 0 Å². The summed E-state index contributed by atoms with van der Waals surface area (Å²) in [6.45, 7) is 2.20. The van der Waals surface area contributed by atoms with Crippen LogP contribution in [0.25, 0.3) is 0 Å². The maximum atomic E-state index is 13.1. The largest absolute Gasteiger partial charge is 0.384 e. The Hall–Kier alpha value is -1.51. The molecular formula is C14H16FNO2S. The van der Waals surface area contributed by atoms with Gasteiger partial charge in [-0.15, -0.1) is 0 Å². The topological polar surface area (TPSA) is 49.3 Å². The van der Waals surface area contributed by atoms with Crippen LogP contribution in [0.3, 0.4) is 0 Å². The van der Waals surface area contributed by atoms with Gasteiger partial charge in [0.1, 0.15) is 12.4 Å². The van der Waals surface area contributed by atoms with Crippen LogP contribution >= 0.6 is 11.8 Å². The van der Waals surface area contributed by atoms with Crippen LogP contribution in [0.1, 0.15) is 22.8 Å². The van der Waals surface area contributed by atoms with Crippen LogP contribution in [0.15, 0.2) is 18.2 Å². The highest BCUT2D eigenvalue weighted by Gasteiger charge is 2.11. The van der Waals surface area contributed by atoms with Crippen molar-refractivity contribution in [3.05, 3.63) is 35.1 Å². The van der Waals surface area contributed by atoms with E-state index in [-0.39, 0.29) is 18.1 Å². The first-order valence-corrected chi connectivity index (χ1v) is 7.07. The molecule has 2 N–H and O–H groups in total. The Morgan fingerprint density at radius 1 is 1.58 bits per heavy atom. The molecule has 3 nitrogen and oxygen atoms in total. The van der Waals surface area contributed by atoms with E-state index in [4.69, 9.17) is 5.11 Å². The Morgan fingerprint density at radius 3 is 2.95 bits per heavy atom. The number of carbonyl (C=O) groups is 1. The van der Waals surface area contributed by atoms with E-state index in [1.54, 1.807) is 11.8 Å². The van der Waals surface area contributed by atoms with Gasteiger partial charge < -0.3 is 10.4 Å². The number of thioether (sulfide) groups is 1. The molecule has 0 aliphatic carbocycles. The van der Waals surface area contributed by atoms with Crippen LogP contribution in [0.4, 0.5) is 4.39 Å². The zero-order valence-corrected chi connectivity index (χ0v) is 11.7. The van der Waals surface area contributed by atoms with E-state index < -0.39 is 5.82 Å². The van der Waals surface area contributed by atoms with Gasteiger partial charge in [0.25, 0.3) is 5.91 Å². The van der Waals surface area contributed by atoms with Gasteiger partial charge >= 0.3 is 0 Å². The standard InChI is InChI=1S/C14H16FNO2S/c1-10(19-2)9-16-14(18)13-6-5-12(15)8-11(13)4-3-7-17/h5-6,8,10,17H,7,9H2,1-2H3,(H,16,18). The van der Waals surface area contributed by atoms with Crippen molar-refractivity contribution in [2.45, 2.75) is 12.2 Å². The summed E-state index contributed by atoms with van der Waals surface area (Å²) in [4.78, 5) is 12.0. The summed E-state index contributed by atoms with van der Waals surface area (Å²) >= 11 is 1.65. The molecular weight excluding hydrogens is 265 g/mol. The first-order chi connectivity index (χ1) is 9.08. The summed E-state index contributed by atoms with van der Waals surface area (Å²) in [7, 11) is 0. The molecule has 0 fully saturated rings. The van der Waals surface area contributed by atoms with E-state index in [1.165, 1.54) is 18.2 Å². The van der Waals surface area contributed by atoms with Gasteiger partial charge in [-0.3, -0.25) is 4.79 Å². The molecule has 0 aliphatic rings. The third-order valence-electron chi connectivity index (χ3n) is 2.48. The fraction of sp³-hybridized carbons (Fsp3) is 0.357. The lowest BCUT2D eigenvalue weighted by Crippen LogP contribution is -2.29. The van der Waals surface area contributed by atoms with Crippen molar-refractivity contribution in [3.63, 3.8) is 0 Å². The minimum Gasteiger partial charge on any atom is -0.384 e. The predicted octanol–water partition coefficient (Wildman–Crippen LogP) is 1.65. The lowest BCUT2D eigenvalue weighted by molar-refractivity contribution is 0.0954. The quantitative estimate of drug-likeness (QED) is 0.825. The number of hydrogen-bond acceptors (Lipinski definition) is 3. The smallest absolute Gasteiger partial charge is 0.252 e. The number of aliphatic hydroxyl groups excluding tert-OH is 1. The van der Waals surface area contributed by atoms with Gasteiger partial charge in [0.2, 0.25) is 0 Å². The molecule has 19 heavy (non-hydrogen) atoms. The fourth-order valence-electron chi connectivity index (χ4n) is 1.37. The van der Waals surface area contributed by atoms with Gasteiger partial charge in [0.05, 0.1) is 5.56 Å². The van der Waals surface area contributed by atoms with E-state index in [0.29, 0.717) is 17.4 Å². The average molecular weight is 281 g/mol. The van der Waals surface area contributed by atoms with Gasteiger partial charge in [-0.2, -0.15) is 11.8 Å². The van der Waals surface area contributed by atoms with Crippen molar-refractivity contribution in [2.75, 3.05) is 19.4 Å². The number of rotatable bonds is 4. The van der Waals surface area contributed by atoms with Gasteiger partial charge in [-0.25, -0.2) is 4.39 Å². The number of halogens is 1. The minimum absolute atomic E-state index is 0.281. The number of nitrogens with one attached hydrogen (secondary N) is 1. The first-order valence-electron chi connectivity index (χ1n) is 5.78. The van der Waals surface area contributed by atoms with Crippen LogP contribution in [-0.4, -0.2) is 35.7 Å². The maximum absolute atomic E-state index is 13.1. The maximum Gasteiger partial charge on any atom is 0.252 e. The Kier molecular flexibility index (Phi) is 6.40. The van der Waals surface area contributed by atoms with E-state index in [2.05, 4.69) is 17.2 Å². The van der Waals surface area contributed by atoms with Crippen LogP contribution < -0.4 is 5.32 Å². The monoisotopic (exact) mass is 281 g/mol. The number of amides is 1. The van der Waals surface area contributed by atoms with Crippen LogP contribution in [-0.2, 0) is 0 Å². The highest BCUT2D eigenvalue weighted by molar-refractivity contribution is 7.99. The van der Waals surface area contributed by atoms with Crippen molar-refractivity contribution in [2.24, 2.45) is 0 Å². The van der Waals surface area contributed by atoms with Gasteiger partial charge in [0, 0.05) is 17.4 Å². The van der Waals surface area contributed by atoms with Gasteiger partial charge in [-0.05, 0) is 24.5 Å². The Balaban J connectivity index is 2.89. The molecule has 0 aliphatic heterocycles. The third-order valence-corrected chi connectivity index (χ3v) is 3.45. The van der Waals surface area contributed by atoms with Crippen LogP contribution in [0.5, 0.6) is 0 Å². The molecule has 1 amide bonds. The normalized spacial score (nSPS) is 11.4. The molecule has 0 aromatic heterocycles. The zero-order chi connectivity index (χ0) is 14.3. The lowest BCUT2D eigenvalue weighted by Gasteiger charge is -2.10. The molecule has 1 rings (SSSR count). The third kappa shape index (κ3) is 4.93. The molecule has 1 atom stereocenters. The Labute approximate surface area is 116 Å². The summed E-state index contributed by atoms with van der Waals surface area (Å²) in [5.74, 6) is 4.25. The number of hydrogen-bond donors (Lipinski definition) is 2. The lowest BCUT2D eigenvalue weighted by atomic mass is 10.1. The van der Waals surface area contributed by atoms with Crippen molar-refractivity contribution >= 4 is 17.7 Å². The summed E-state index contributed by atoms with van der Waals surface area (Å²) in [5, 5.41) is 11.7. The van der Waals surface area contributed by atoms with Gasteiger partial charge in [0.15, 0.2) is 0 Å². The van der Waals surface area contributed by atoms with E-state index in [9.17, 15) is 9.18 Å². The molecule has 1 aromatic carbocycles. The average Bonchev–Trinajstić information content (AvgIpc) is 2.42. The molecule has 0 radical (unpaired) electrons. The second-order valence-corrected chi connectivity index (χ2v) is 5.18. The molecule has 0 saturated heterocycles. The Morgan fingerprint density at radius 2 is 2.32 bits per heavy atom. The second kappa shape index (κ2) is 7.82. The van der Waals surface area contributed by atoms with E-state index in [1.807, 2.05) is 13.2 Å². The van der Waals surface area contributed by atoms with E-state index in [0.717, 1.165) is 0 Å². The molecule has 5 heteroatoms. The first kappa shape index (κ1) is 15.5. The molecule has 1 unspecified atom stereocenters. The zero-order valence-electron chi connectivity index (χ0n) is 10.9.